The van der Waals surface area contributed by atoms with E-state index < -0.39 is 24.4 Å². The van der Waals surface area contributed by atoms with Gasteiger partial charge in [0.1, 0.15) is 23.8 Å². The third-order valence-electron chi connectivity index (χ3n) is 8.09. The van der Waals surface area contributed by atoms with Gasteiger partial charge in [-0.3, -0.25) is 4.79 Å². The molecule has 8 nitrogen and oxygen atoms in total. The van der Waals surface area contributed by atoms with Crippen molar-refractivity contribution in [1.29, 1.82) is 0 Å². The predicted molar refractivity (Wildman–Crippen MR) is 128 cm³/mol. The first kappa shape index (κ1) is 23.7. The van der Waals surface area contributed by atoms with Crippen LogP contribution in [0.15, 0.2) is 12.5 Å². The van der Waals surface area contributed by atoms with E-state index in [1.54, 1.807) is 0 Å². The first-order valence-electron chi connectivity index (χ1n) is 13.1. The smallest absolute Gasteiger partial charge is 0.356 e. The van der Waals surface area contributed by atoms with E-state index in [1.165, 1.54) is 50.8 Å². The van der Waals surface area contributed by atoms with E-state index in [-0.39, 0.29) is 23.1 Å². The molecule has 1 N–H and O–H groups in total. The van der Waals surface area contributed by atoms with Gasteiger partial charge in [0.05, 0.1) is 17.2 Å². The Morgan fingerprint density at radius 3 is 2.42 bits per heavy atom. The van der Waals surface area contributed by atoms with Gasteiger partial charge in [-0.05, 0) is 51.6 Å². The van der Waals surface area contributed by atoms with Crippen LogP contribution in [-0.4, -0.2) is 69.2 Å². The molecular weight excluding hydrogens is 471 g/mol. The van der Waals surface area contributed by atoms with Crippen LogP contribution in [0.25, 0.3) is 0 Å². The lowest BCUT2D eigenvalue weighted by atomic mass is 9.90. The van der Waals surface area contributed by atoms with Crippen LogP contribution in [-0.2, 0) is 11.3 Å². The minimum absolute atomic E-state index is 0.00816. The SMILES string of the molecule is O=C1C[C@@H](C(F)(F)F)c2c(ncnc2N2CCC(c3nc(C4CC4)cn3CCN3CCCC3)CC2)N1. The van der Waals surface area contributed by atoms with Gasteiger partial charge < -0.3 is 19.7 Å². The highest BCUT2D eigenvalue weighted by Crippen LogP contribution is 2.47. The molecule has 2 aromatic heterocycles. The number of fused-ring (bicyclic) bond motifs is 1. The van der Waals surface area contributed by atoms with Gasteiger partial charge in [0.25, 0.3) is 0 Å². The zero-order valence-corrected chi connectivity index (χ0v) is 20.3. The van der Waals surface area contributed by atoms with Crippen LogP contribution in [0.5, 0.6) is 0 Å². The molecule has 11 heteroatoms. The Morgan fingerprint density at radius 2 is 1.72 bits per heavy atom. The van der Waals surface area contributed by atoms with Crippen LogP contribution >= 0.6 is 0 Å². The lowest BCUT2D eigenvalue weighted by molar-refractivity contribution is -0.156. The molecule has 194 valence electrons. The maximum Gasteiger partial charge on any atom is 0.396 e. The summed E-state index contributed by atoms with van der Waals surface area (Å²) in [5.41, 5.74) is 1.19. The van der Waals surface area contributed by atoms with E-state index in [2.05, 4.69) is 30.9 Å². The zero-order chi connectivity index (χ0) is 24.9. The summed E-state index contributed by atoms with van der Waals surface area (Å²) >= 11 is 0. The number of anilines is 2. The molecule has 1 atom stereocenters. The summed E-state index contributed by atoms with van der Waals surface area (Å²) in [5, 5.41) is 2.51. The molecule has 0 bridgehead atoms. The molecule has 1 aliphatic carbocycles. The third-order valence-corrected chi connectivity index (χ3v) is 8.09. The molecule has 1 amide bonds. The number of hydrogen-bond donors (Lipinski definition) is 1. The number of aromatic nitrogens is 4. The Hall–Kier alpha value is -2.69. The molecule has 0 radical (unpaired) electrons. The van der Waals surface area contributed by atoms with E-state index in [1.807, 2.05) is 4.90 Å². The van der Waals surface area contributed by atoms with E-state index in [0.717, 1.165) is 31.8 Å². The monoisotopic (exact) mass is 503 g/mol. The Kier molecular flexibility index (Phi) is 6.13. The van der Waals surface area contributed by atoms with Gasteiger partial charge in [0, 0.05) is 50.6 Å². The number of carbonyl (C=O) groups is 1. The molecule has 0 aromatic carbocycles. The fourth-order valence-corrected chi connectivity index (χ4v) is 5.95. The summed E-state index contributed by atoms with van der Waals surface area (Å²) < 4.78 is 43.9. The van der Waals surface area contributed by atoms with E-state index in [9.17, 15) is 18.0 Å². The summed E-state index contributed by atoms with van der Waals surface area (Å²) in [6.45, 7) is 5.47. The highest BCUT2D eigenvalue weighted by atomic mass is 19.4. The number of likely N-dealkylation sites (tertiary alicyclic amines) is 1. The summed E-state index contributed by atoms with van der Waals surface area (Å²) in [5.74, 6) is -0.312. The Morgan fingerprint density at radius 1 is 0.972 bits per heavy atom. The van der Waals surface area contributed by atoms with Gasteiger partial charge in [-0.1, -0.05) is 0 Å². The zero-order valence-electron chi connectivity index (χ0n) is 20.3. The average Bonchev–Trinajstić information content (AvgIpc) is 3.40. The van der Waals surface area contributed by atoms with Crippen LogP contribution < -0.4 is 10.2 Å². The summed E-state index contributed by atoms with van der Waals surface area (Å²) in [4.78, 5) is 29.6. The molecule has 1 saturated carbocycles. The number of amides is 1. The second kappa shape index (κ2) is 9.32. The molecule has 2 saturated heterocycles. The number of carbonyl (C=O) groups excluding carboxylic acids is 1. The van der Waals surface area contributed by atoms with Gasteiger partial charge in [0.15, 0.2) is 0 Å². The maximum atomic E-state index is 13.9. The topological polar surface area (TPSA) is 79.2 Å². The van der Waals surface area contributed by atoms with Crippen LogP contribution in [0.2, 0.25) is 0 Å². The van der Waals surface area contributed by atoms with Crippen molar-refractivity contribution in [1.82, 2.24) is 24.4 Å². The van der Waals surface area contributed by atoms with Gasteiger partial charge in [-0.2, -0.15) is 13.2 Å². The fraction of sp³-hybridized carbons (Fsp3) is 0.680. The van der Waals surface area contributed by atoms with Crippen molar-refractivity contribution in [2.45, 2.75) is 75.4 Å². The highest BCUT2D eigenvalue weighted by Gasteiger charge is 2.48. The van der Waals surface area contributed by atoms with Gasteiger partial charge in [0.2, 0.25) is 5.91 Å². The number of hydrogen-bond acceptors (Lipinski definition) is 6. The standard InChI is InChI=1S/C25H32F3N7O/c26-25(27,28)18-13-20(36)32-22-21(18)24(30-15-29-22)34-9-5-17(6-10-34)23-31-19(16-3-4-16)14-35(23)12-11-33-7-1-2-8-33/h14-18H,1-13H2,(H,29,30,32,36)/t18-/m1/s1. The van der Waals surface area contributed by atoms with Gasteiger partial charge in [-0.25, -0.2) is 15.0 Å². The Labute approximate surface area is 208 Å². The number of halogens is 3. The molecule has 36 heavy (non-hydrogen) atoms. The number of imidazole rings is 1. The van der Waals surface area contributed by atoms with Crippen molar-refractivity contribution in [2.75, 3.05) is 42.9 Å². The number of piperidine rings is 1. The second-order valence-electron chi connectivity index (χ2n) is 10.6. The van der Waals surface area contributed by atoms with E-state index in [0.29, 0.717) is 19.0 Å². The van der Waals surface area contributed by atoms with Gasteiger partial charge in [-0.15, -0.1) is 0 Å². The normalized spacial score (nSPS) is 23.7. The van der Waals surface area contributed by atoms with E-state index >= 15 is 0 Å². The van der Waals surface area contributed by atoms with Gasteiger partial charge >= 0.3 is 6.18 Å². The highest BCUT2D eigenvalue weighted by molar-refractivity contribution is 5.94. The summed E-state index contributed by atoms with van der Waals surface area (Å²) in [6.07, 6.45) is 4.86. The molecule has 6 rings (SSSR count). The van der Waals surface area contributed by atoms with Crippen molar-refractivity contribution >= 4 is 17.5 Å². The van der Waals surface area contributed by atoms with Crippen molar-refractivity contribution in [3.63, 3.8) is 0 Å². The molecule has 2 aromatic rings. The lowest BCUT2D eigenvalue weighted by Gasteiger charge is -2.36. The molecule has 3 fully saturated rings. The number of nitrogens with one attached hydrogen (secondary N) is 1. The minimum Gasteiger partial charge on any atom is -0.356 e. The van der Waals surface area contributed by atoms with Crippen molar-refractivity contribution < 1.29 is 18.0 Å². The summed E-state index contributed by atoms with van der Waals surface area (Å²) in [7, 11) is 0. The number of nitrogens with zero attached hydrogens (tertiary/aromatic N) is 6. The first-order valence-corrected chi connectivity index (χ1v) is 13.1. The Bertz CT molecular complexity index is 1120. The molecule has 0 spiro atoms. The third kappa shape index (κ3) is 4.69. The minimum atomic E-state index is -4.54. The van der Waals surface area contributed by atoms with Crippen molar-refractivity contribution in [3.8, 4) is 0 Å². The summed E-state index contributed by atoms with van der Waals surface area (Å²) in [6, 6.07) is 0. The van der Waals surface area contributed by atoms with E-state index in [4.69, 9.17) is 4.98 Å². The second-order valence-corrected chi connectivity index (χ2v) is 10.6. The first-order chi connectivity index (χ1) is 17.4. The van der Waals surface area contributed by atoms with Crippen molar-refractivity contribution in [3.05, 3.63) is 29.6 Å². The Balaban J connectivity index is 1.20. The van der Waals surface area contributed by atoms with Crippen LogP contribution in [0.1, 0.15) is 79.8 Å². The fourth-order valence-electron chi connectivity index (χ4n) is 5.95. The molecule has 3 aliphatic heterocycles. The quantitative estimate of drug-likeness (QED) is 0.642. The largest absolute Gasteiger partial charge is 0.396 e. The maximum absolute atomic E-state index is 13.9. The predicted octanol–water partition coefficient (Wildman–Crippen LogP) is 4.02. The lowest BCUT2D eigenvalue weighted by Crippen LogP contribution is -2.38. The van der Waals surface area contributed by atoms with Crippen LogP contribution in [0, 0.1) is 0 Å². The molecule has 4 aliphatic rings. The van der Waals surface area contributed by atoms with Crippen molar-refractivity contribution in [2.24, 2.45) is 0 Å². The number of rotatable bonds is 6. The van der Waals surface area contributed by atoms with Crippen LogP contribution in [0.3, 0.4) is 0 Å². The molecule has 5 heterocycles. The number of alkyl halides is 3. The molecular formula is C25H32F3N7O. The van der Waals surface area contributed by atoms with Crippen LogP contribution in [0.4, 0.5) is 24.8 Å². The molecule has 0 unspecified atom stereocenters. The average molecular weight is 504 g/mol.